The Morgan fingerprint density at radius 1 is 1.44 bits per heavy atom. The van der Waals surface area contributed by atoms with Crippen LogP contribution in [0.2, 0.25) is 0 Å². The zero-order chi connectivity index (χ0) is 6.57. The van der Waals surface area contributed by atoms with Crippen molar-refractivity contribution in [1.29, 1.82) is 0 Å². The van der Waals surface area contributed by atoms with E-state index >= 15 is 0 Å². The molecular formula is C5H8NaO3. The molecule has 1 radical (unpaired) electrons. The molecule has 0 N–H and O–H groups in total. The van der Waals surface area contributed by atoms with E-state index in [1.807, 2.05) is 0 Å². The number of esters is 1. The van der Waals surface area contributed by atoms with Crippen LogP contribution in [0.5, 0.6) is 0 Å². The van der Waals surface area contributed by atoms with Crippen molar-refractivity contribution in [3.05, 3.63) is 0 Å². The number of rotatable bonds is 2. The van der Waals surface area contributed by atoms with Gasteiger partial charge in [-0.15, -0.1) is 0 Å². The molecule has 0 heterocycles. The first-order valence-corrected chi connectivity index (χ1v) is 2.36. The molecule has 0 aromatic carbocycles. The Hall–Kier alpha value is 0.140. The summed E-state index contributed by atoms with van der Waals surface area (Å²) in [6.07, 6.45) is 0. The van der Waals surface area contributed by atoms with Crippen LogP contribution >= 0.6 is 0 Å². The molecule has 0 atom stereocenters. The fourth-order valence-electron chi connectivity index (χ4n) is 0.233. The van der Waals surface area contributed by atoms with Crippen molar-refractivity contribution >= 4 is 41.3 Å². The molecule has 0 unspecified atom stereocenters. The van der Waals surface area contributed by atoms with Gasteiger partial charge >= 0.3 is 5.97 Å². The third kappa shape index (κ3) is 6.02. The van der Waals surface area contributed by atoms with Crippen molar-refractivity contribution in [2.75, 3.05) is 6.61 Å². The third-order valence-corrected chi connectivity index (χ3v) is 0.563. The minimum atomic E-state index is -0.757. The average molecular weight is 139 g/mol. The maximum atomic E-state index is 10.2. The zero-order valence-electron chi connectivity index (χ0n) is 5.93. The molecule has 0 aliphatic carbocycles. The normalized spacial score (nSPS) is 7.33. The topological polar surface area (TPSA) is 43.4 Å². The molecular weight excluding hydrogens is 131 g/mol. The van der Waals surface area contributed by atoms with Crippen molar-refractivity contribution in [3.63, 3.8) is 0 Å². The second-order valence-corrected chi connectivity index (χ2v) is 1.28. The van der Waals surface area contributed by atoms with Gasteiger partial charge in [0.2, 0.25) is 5.78 Å². The number of hydrogen-bond acceptors (Lipinski definition) is 3. The molecule has 0 aliphatic rings. The Morgan fingerprint density at radius 3 is 2.00 bits per heavy atom. The molecule has 47 valence electrons. The summed E-state index contributed by atoms with van der Waals surface area (Å²) in [5.74, 6) is -1.31. The number of hydrogen-bond donors (Lipinski definition) is 0. The molecule has 0 amide bonds. The van der Waals surface area contributed by atoms with Crippen LogP contribution in [0.1, 0.15) is 13.8 Å². The van der Waals surface area contributed by atoms with Crippen LogP contribution in [0.15, 0.2) is 0 Å². The number of carbonyl (C=O) groups is 2. The van der Waals surface area contributed by atoms with E-state index in [0.29, 0.717) is 0 Å². The molecule has 9 heavy (non-hydrogen) atoms. The summed E-state index contributed by atoms with van der Waals surface area (Å²) in [5.41, 5.74) is 0. The molecule has 3 nitrogen and oxygen atoms in total. The monoisotopic (exact) mass is 139 g/mol. The first-order valence-electron chi connectivity index (χ1n) is 2.36. The third-order valence-electron chi connectivity index (χ3n) is 0.563. The van der Waals surface area contributed by atoms with Gasteiger partial charge in [-0.2, -0.15) is 0 Å². The van der Waals surface area contributed by atoms with Gasteiger partial charge in [-0.25, -0.2) is 4.79 Å². The summed E-state index contributed by atoms with van der Waals surface area (Å²) in [4.78, 5) is 20.2. The van der Waals surface area contributed by atoms with E-state index in [2.05, 4.69) is 4.74 Å². The van der Waals surface area contributed by atoms with Crippen LogP contribution in [0.3, 0.4) is 0 Å². The van der Waals surface area contributed by atoms with E-state index in [1.54, 1.807) is 6.92 Å². The largest absolute Gasteiger partial charge is 0.460 e. The Bertz CT molecular complexity index is 111. The Kier molecular flexibility index (Phi) is 8.27. The molecule has 0 bridgehead atoms. The number of ether oxygens (including phenoxy) is 1. The van der Waals surface area contributed by atoms with E-state index in [1.165, 1.54) is 6.92 Å². The van der Waals surface area contributed by atoms with E-state index in [4.69, 9.17) is 0 Å². The Balaban J connectivity index is 0. The number of Topliss-reactive ketones (excluding diaryl/α,β-unsaturated/α-hetero) is 1. The van der Waals surface area contributed by atoms with Gasteiger partial charge in [0, 0.05) is 36.5 Å². The standard InChI is InChI=1S/C5H8O3.Na/c1-3-8-5(7)4(2)6;/h3H2,1-2H3;. The van der Waals surface area contributed by atoms with E-state index in [0.717, 1.165) is 0 Å². The van der Waals surface area contributed by atoms with Gasteiger partial charge in [-0.1, -0.05) is 0 Å². The molecule has 0 spiro atoms. The summed E-state index contributed by atoms with van der Waals surface area (Å²) < 4.78 is 4.31. The summed E-state index contributed by atoms with van der Waals surface area (Å²) in [5, 5.41) is 0. The second-order valence-electron chi connectivity index (χ2n) is 1.28. The molecule has 0 rings (SSSR count). The van der Waals surface area contributed by atoms with Crippen LogP contribution in [0, 0.1) is 0 Å². The van der Waals surface area contributed by atoms with Crippen LogP contribution in [0.4, 0.5) is 0 Å². The average Bonchev–Trinajstić information content (AvgIpc) is 1.67. The zero-order valence-corrected chi connectivity index (χ0v) is 7.93. The SMILES string of the molecule is CCOC(=O)C(C)=O.[Na]. The van der Waals surface area contributed by atoms with Gasteiger partial charge in [0.05, 0.1) is 6.61 Å². The van der Waals surface area contributed by atoms with Crippen molar-refractivity contribution in [2.45, 2.75) is 13.8 Å². The van der Waals surface area contributed by atoms with Crippen LogP contribution in [0.25, 0.3) is 0 Å². The molecule has 0 aromatic rings. The van der Waals surface area contributed by atoms with Gasteiger partial charge in [0.25, 0.3) is 0 Å². The van der Waals surface area contributed by atoms with Crippen LogP contribution in [-0.4, -0.2) is 47.9 Å². The maximum absolute atomic E-state index is 10.2. The number of ketones is 1. The van der Waals surface area contributed by atoms with Crippen molar-refractivity contribution in [2.24, 2.45) is 0 Å². The van der Waals surface area contributed by atoms with Gasteiger partial charge in [-0.3, -0.25) is 4.79 Å². The minimum absolute atomic E-state index is 0. The first-order chi connectivity index (χ1) is 3.68. The fraction of sp³-hybridized carbons (Fsp3) is 0.600. The predicted molar refractivity (Wildman–Crippen MR) is 33.1 cm³/mol. The first kappa shape index (κ1) is 11.9. The second kappa shape index (κ2) is 6.26. The maximum Gasteiger partial charge on any atom is 0.374 e. The quantitative estimate of drug-likeness (QED) is 0.301. The molecule has 0 aromatic heterocycles. The molecule has 0 fully saturated rings. The van der Waals surface area contributed by atoms with Crippen LogP contribution in [-0.2, 0) is 14.3 Å². The predicted octanol–water partition coefficient (Wildman–Crippen LogP) is -0.242. The number of carbonyl (C=O) groups excluding carboxylic acids is 2. The van der Waals surface area contributed by atoms with E-state index in [-0.39, 0.29) is 36.2 Å². The Labute approximate surface area is 76.0 Å². The summed E-state index contributed by atoms with van der Waals surface area (Å²) in [6.45, 7) is 3.09. The van der Waals surface area contributed by atoms with Gasteiger partial charge in [0.15, 0.2) is 0 Å². The molecule has 4 heteroatoms. The summed E-state index contributed by atoms with van der Waals surface area (Å²) >= 11 is 0. The fourth-order valence-corrected chi connectivity index (χ4v) is 0.233. The molecule has 0 saturated carbocycles. The van der Waals surface area contributed by atoms with Gasteiger partial charge in [0.1, 0.15) is 0 Å². The summed E-state index contributed by atoms with van der Waals surface area (Å²) in [6, 6.07) is 0. The van der Waals surface area contributed by atoms with E-state index < -0.39 is 11.8 Å². The van der Waals surface area contributed by atoms with Gasteiger partial charge in [-0.05, 0) is 6.92 Å². The minimum Gasteiger partial charge on any atom is -0.460 e. The van der Waals surface area contributed by atoms with Crippen molar-refractivity contribution in [3.8, 4) is 0 Å². The van der Waals surface area contributed by atoms with Crippen LogP contribution < -0.4 is 0 Å². The smallest absolute Gasteiger partial charge is 0.374 e. The Morgan fingerprint density at radius 2 is 1.89 bits per heavy atom. The molecule has 0 aliphatic heterocycles. The molecule has 0 saturated heterocycles. The van der Waals surface area contributed by atoms with Gasteiger partial charge < -0.3 is 4.74 Å². The van der Waals surface area contributed by atoms with E-state index in [9.17, 15) is 9.59 Å². The van der Waals surface area contributed by atoms with Crippen molar-refractivity contribution in [1.82, 2.24) is 0 Å². The summed E-state index contributed by atoms with van der Waals surface area (Å²) in [7, 11) is 0. The van der Waals surface area contributed by atoms with Crippen molar-refractivity contribution < 1.29 is 14.3 Å².